The maximum atomic E-state index is 9.56. The van der Waals surface area contributed by atoms with Gasteiger partial charge in [-0.15, -0.1) is 0 Å². The van der Waals surface area contributed by atoms with Crippen LogP contribution in [0.5, 0.6) is 0 Å². The van der Waals surface area contributed by atoms with Crippen molar-refractivity contribution in [3.63, 3.8) is 0 Å². The third kappa shape index (κ3) is 4.30. The van der Waals surface area contributed by atoms with Crippen LogP contribution in [0.4, 0.5) is 23.1 Å². The number of nitrogens with two attached hydrogens (primary N) is 1. The summed E-state index contributed by atoms with van der Waals surface area (Å²) in [5.74, 6) is 1.06. The van der Waals surface area contributed by atoms with Crippen LogP contribution in [0.1, 0.15) is 13.8 Å². The van der Waals surface area contributed by atoms with Gasteiger partial charge in [0.05, 0.1) is 16.6 Å². The zero-order chi connectivity index (χ0) is 15.4. The second kappa shape index (κ2) is 6.73. The molecule has 1 aromatic carbocycles. The van der Waals surface area contributed by atoms with E-state index < -0.39 is 6.10 Å². The number of rotatable bonds is 5. The summed E-state index contributed by atoms with van der Waals surface area (Å²) in [5, 5.41) is 15.8. The Balaban J connectivity index is 2.18. The minimum atomic E-state index is -0.489. The molecular formula is C14H18BrN5O. The third-order valence-electron chi connectivity index (χ3n) is 2.97. The van der Waals surface area contributed by atoms with Crippen molar-refractivity contribution >= 4 is 39.1 Å². The van der Waals surface area contributed by atoms with Gasteiger partial charge in [-0.1, -0.05) is 6.07 Å². The van der Waals surface area contributed by atoms with E-state index >= 15 is 0 Å². The minimum absolute atomic E-state index is 0.128. The first-order valence-electron chi connectivity index (χ1n) is 6.55. The molecule has 2 aromatic rings. The van der Waals surface area contributed by atoms with Crippen LogP contribution < -0.4 is 16.4 Å². The lowest BCUT2D eigenvalue weighted by atomic mass is 10.2. The standard InChI is InChI=1S/C14H18BrN5O/c1-8(9(2)21)18-13-12(15)7-17-14(20-13)19-11-5-3-4-10(16)6-11/h3-9,21H,16H2,1-2H3,(H2,17,18,19,20)/t8-,9-/m1/s1. The van der Waals surface area contributed by atoms with Crippen LogP contribution in [0.15, 0.2) is 34.9 Å². The summed E-state index contributed by atoms with van der Waals surface area (Å²) in [6.07, 6.45) is 1.16. The average molecular weight is 352 g/mol. The Morgan fingerprint density at radius 2 is 2.10 bits per heavy atom. The van der Waals surface area contributed by atoms with Crippen LogP contribution >= 0.6 is 15.9 Å². The number of nitrogens with zero attached hydrogens (tertiary/aromatic N) is 2. The fraction of sp³-hybridized carbons (Fsp3) is 0.286. The van der Waals surface area contributed by atoms with E-state index in [9.17, 15) is 5.11 Å². The van der Waals surface area contributed by atoms with Crippen molar-refractivity contribution in [2.75, 3.05) is 16.4 Å². The lowest BCUT2D eigenvalue weighted by molar-refractivity contribution is 0.177. The minimum Gasteiger partial charge on any atom is -0.399 e. The molecule has 2 atom stereocenters. The molecule has 0 amide bonds. The number of aliphatic hydroxyl groups is 1. The molecule has 0 radical (unpaired) electrons. The maximum Gasteiger partial charge on any atom is 0.229 e. The average Bonchev–Trinajstić information content (AvgIpc) is 2.42. The fourth-order valence-electron chi connectivity index (χ4n) is 1.61. The first-order valence-corrected chi connectivity index (χ1v) is 7.34. The highest BCUT2D eigenvalue weighted by Crippen LogP contribution is 2.23. The van der Waals surface area contributed by atoms with Crippen LogP contribution in [0.25, 0.3) is 0 Å². The number of aromatic nitrogens is 2. The Morgan fingerprint density at radius 3 is 2.76 bits per heavy atom. The molecule has 0 saturated carbocycles. The summed E-state index contributed by atoms with van der Waals surface area (Å²) in [6, 6.07) is 7.22. The van der Waals surface area contributed by atoms with E-state index in [1.54, 1.807) is 19.2 Å². The fourth-order valence-corrected chi connectivity index (χ4v) is 1.92. The molecule has 0 saturated heterocycles. The lowest BCUT2D eigenvalue weighted by Gasteiger charge is -2.18. The Bertz CT molecular complexity index is 620. The van der Waals surface area contributed by atoms with Crippen LogP contribution in [-0.2, 0) is 0 Å². The number of nitrogen functional groups attached to an aromatic ring is 1. The second-order valence-corrected chi connectivity index (χ2v) is 5.67. The van der Waals surface area contributed by atoms with Crippen molar-refractivity contribution in [3.8, 4) is 0 Å². The quantitative estimate of drug-likeness (QED) is 0.618. The summed E-state index contributed by atoms with van der Waals surface area (Å²) in [5.41, 5.74) is 7.21. The molecule has 7 heteroatoms. The smallest absolute Gasteiger partial charge is 0.229 e. The van der Waals surface area contributed by atoms with E-state index in [4.69, 9.17) is 5.73 Å². The molecular weight excluding hydrogens is 334 g/mol. The van der Waals surface area contributed by atoms with E-state index in [1.807, 2.05) is 25.1 Å². The van der Waals surface area contributed by atoms with Crippen molar-refractivity contribution in [2.45, 2.75) is 26.0 Å². The van der Waals surface area contributed by atoms with E-state index in [1.165, 1.54) is 0 Å². The predicted molar refractivity (Wildman–Crippen MR) is 88.6 cm³/mol. The molecule has 0 aliphatic rings. The highest BCUT2D eigenvalue weighted by Gasteiger charge is 2.12. The molecule has 0 aliphatic heterocycles. The molecule has 0 unspecified atom stereocenters. The van der Waals surface area contributed by atoms with Crippen molar-refractivity contribution < 1.29 is 5.11 Å². The molecule has 0 fully saturated rings. The lowest BCUT2D eigenvalue weighted by Crippen LogP contribution is -2.28. The molecule has 0 aliphatic carbocycles. The first kappa shape index (κ1) is 15.5. The van der Waals surface area contributed by atoms with Crippen molar-refractivity contribution in [1.82, 2.24) is 9.97 Å². The topological polar surface area (TPSA) is 96.1 Å². The van der Waals surface area contributed by atoms with Crippen molar-refractivity contribution in [2.24, 2.45) is 0 Å². The van der Waals surface area contributed by atoms with Crippen LogP contribution in [-0.4, -0.2) is 27.2 Å². The number of benzene rings is 1. The monoisotopic (exact) mass is 351 g/mol. The van der Waals surface area contributed by atoms with E-state index in [2.05, 4.69) is 36.5 Å². The van der Waals surface area contributed by atoms with E-state index in [-0.39, 0.29) is 6.04 Å². The van der Waals surface area contributed by atoms with Gasteiger partial charge in [0, 0.05) is 17.6 Å². The maximum absolute atomic E-state index is 9.56. The summed E-state index contributed by atoms with van der Waals surface area (Å²) >= 11 is 3.39. The van der Waals surface area contributed by atoms with Crippen LogP contribution in [0.2, 0.25) is 0 Å². The first-order chi connectivity index (χ1) is 9.95. The van der Waals surface area contributed by atoms with Gasteiger partial charge in [-0.25, -0.2) is 4.98 Å². The van der Waals surface area contributed by atoms with Gasteiger partial charge in [0.1, 0.15) is 5.82 Å². The van der Waals surface area contributed by atoms with Gasteiger partial charge >= 0.3 is 0 Å². The highest BCUT2D eigenvalue weighted by atomic mass is 79.9. The molecule has 112 valence electrons. The molecule has 21 heavy (non-hydrogen) atoms. The predicted octanol–water partition coefficient (Wildman–Crippen LogP) is 2.75. The summed E-state index contributed by atoms with van der Waals surface area (Å²) in [4.78, 5) is 8.59. The van der Waals surface area contributed by atoms with Gasteiger partial charge in [0.25, 0.3) is 0 Å². The second-order valence-electron chi connectivity index (χ2n) is 4.81. The SMILES string of the molecule is C[C@@H](O)[C@@H](C)Nc1nc(Nc2cccc(N)c2)ncc1Br. The number of hydrogen-bond acceptors (Lipinski definition) is 6. The molecule has 5 N–H and O–H groups in total. The summed E-state index contributed by atoms with van der Waals surface area (Å²) < 4.78 is 0.730. The number of hydrogen-bond donors (Lipinski definition) is 4. The van der Waals surface area contributed by atoms with Gasteiger partial charge in [-0.2, -0.15) is 4.98 Å². The van der Waals surface area contributed by atoms with Crippen LogP contribution in [0, 0.1) is 0 Å². The van der Waals surface area contributed by atoms with Gasteiger partial charge in [0.15, 0.2) is 0 Å². The number of aliphatic hydroxyl groups excluding tert-OH is 1. The Morgan fingerprint density at radius 1 is 1.33 bits per heavy atom. The van der Waals surface area contributed by atoms with Crippen molar-refractivity contribution in [3.05, 3.63) is 34.9 Å². The normalized spacial score (nSPS) is 13.5. The molecule has 1 heterocycles. The van der Waals surface area contributed by atoms with E-state index in [0.29, 0.717) is 17.5 Å². The Hall–Kier alpha value is -1.86. The number of nitrogens with one attached hydrogen (secondary N) is 2. The number of halogens is 1. The van der Waals surface area contributed by atoms with Gasteiger partial charge in [0.2, 0.25) is 5.95 Å². The van der Waals surface area contributed by atoms with Crippen molar-refractivity contribution in [1.29, 1.82) is 0 Å². The third-order valence-corrected chi connectivity index (χ3v) is 3.56. The molecule has 1 aromatic heterocycles. The van der Waals surface area contributed by atoms with Gasteiger partial charge < -0.3 is 21.5 Å². The molecule has 0 bridgehead atoms. The van der Waals surface area contributed by atoms with E-state index in [0.717, 1.165) is 10.2 Å². The summed E-state index contributed by atoms with van der Waals surface area (Å²) in [6.45, 7) is 3.60. The van der Waals surface area contributed by atoms with Gasteiger partial charge in [-0.05, 0) is 48.0 Å². The largest absolute Gasteiger partial charge is 0.399 e. The summed E-state index contributed by atoms with van der Waals surface area (Å²) in [7, 11) is 0. The zero-order valence-electron chi connectivity index (χ0n) is 11.8. The number of anilines is 4. The van der Waals surface area contributed by atoms with Crippen LogP contribution in [0.3, 0.4) is 0 Å². The molecule has 2 rings (SSSR count). The van der Waals surface area contributed by atoms with Gasteiger partial charge in [-0.3, -0.25) is 0 Å². The highest BCUT2D eigenvalue weighted by molar-refractivity contribution is 9.10. The molecule has 0 spiro atoms. The Kier molecular flexibility index (Phi) is 4.98. The molecule has 6 nitrogen and oxygen atoms in total. The zero-order valence-corrected chi connectivity index (χ0v) is 13.4. The Labute approximate surface area is 131 Å².